The van der Waals surface area contributed by atoms with E-state index in [1.165, 1.54) is 6.07 Å². The van der Waals surface area contributed by atoms with Gasteiger partial charge in [-0.1, -0.05) is 24.3 Å². The van der Waals surface area contributed by atoms with Crippen LogP contribution < -0.4 is 10.5 Å². The van der Waals surface area contributed by atoms with Crippen LogP contribution in [0.5, 0.6) is 0 Å². The maximum absolute atomic E-state index is 12.8. The average molecular weight is 395 g/mol. The Morgan fingerprint density at radius 1 is 1.03 bits per heavy atom. The number of anilines is 1. The number of ether oxygens (including phenoxy) is 1. The van der Waals surface area contributed by atoms with Gasteiger partial charge in [-0.05, 0) is 31.0 Å². The van der Waals surface area contributed by atoms with Gasteiger partial charge in [0.05, 0.1) is 13.1 Å². The first kappa shape index (κ1) is 19.4. The summed E-state index contributed by atoms with van der Waals surface area (Å²) in [7, 11) is 0. The van der Waals surface area contributed by atoms with E-state index in [0.29, 0.717) is 26.2 Å². The number of morpholine rings is 1. The summed E-state index contributed by atoms with van der Waals surface area (Å²) in [5.74, 6) is -0.0553. The van der Waals surface area contributed by atoms with Gasteiger partial charge in [0.2, 0.25) is 5.91 Å². The minimum Gasteiger partial charge on any atom is -0.361 e. The van der Waals surface area contributed by atoms with E-state index in [9.17, 15) is 14.4 Å². The first-order chi connectivity index (χ1) is 14.1. The van der Waals surface area contributed by atoms with E-state index in [2.05, 4.69) is 0 Å². The molecule has 1 aromatic carbocycles. The number of hydrogen-bond acceptors (Lipinski definition) is 4. The lowest BCUT2D eigenvalue weighted by molar-refractivity contribution is -0.153. The number of hydrogen-bond donors (Lipinski definition) is 0. The van der Waals surface area contributed by atoms with Crippen molar-refractivity contribution in [2.45, 2.75) is 31.4 Å². The molecule has 0 radical (unpaired) electrons. The highest BCUT2D eigenvalue weighted by Gasteiger charge is 2.44. The van der Waals surface area contributed by atoms with Crippen LogP contribution in [0, 0.1) is 0 Å². The Morgan fingerprint density at radius 2 is 1.83 bits per heavy atom. The SMILES string of the molecule is O=C(CCn1ccccc1=O)N1CCCC2(C1)CN(c1ccccc1)C(=O)CO2. The van der Waals surface area contributed by atoms with Gasteiger partial charge in [-0.2, -0.15) is 0 Å². The van der Waals surface area contributed by atoms with E-state index in [1.807, 2.05) is 35.2 Å². The number of para-hydroxylation sites is 1. The van der Waals surface area contributed by atoms with Gasteiger partial charge >= 0.3 is 0 Å². The summed E-state index contributed by atoms with van der Waals surface area (Å²) in [5.41, 5.74) is 0.205. The Hall–Kier alpha value is -2.93. The summed E-state index contributed by atoms with van der Waals surface area (Å²) < 4.78 is 7.54. The number of pyridine rings is 1. The van der Waals surface area contributed by atoms with Crippen molar-refractivity contribution >= 4 is 17.5 Å². The summed E-state index contributed by atoms with van der Waals surface area (Å²) in [4.78, 5) is 40.6. The van der Waals surface area contributed by atoms with Gasteiger partial charge in [0.25, 0.3) is 11.5 Å². The number of piperidine rings is 1. The zero-order valence-corrected chi connectivity index (χ0v) is 16.3. The molecule has 2 aliphatic rings. The molecule has 7 nitrogen and oxygen atoms in total. The Morgan fingerprint density at radius 3 is 2.62 bits per heavy atom. The first-order valence-electron chi connectivity index (χ1n) is 9.99. The Labute approximate surface area is 169 Å². The minimum absolute atomic E-state index is 0.00610. The Kier molecular flexibility index (Phi) is 5.49. The molecule has 7 heteroatoms. The monoisotopic (exact) mass is 395 g/mol. The number of likely N-dealkylation sites (tertiary alicyclic amines) is 1. The van der Waals surface area contributed by atoms with Gasteiger partial charge in [0.1, 0.15) is 12.2 Å². The molecule has 0 aliphatic carbocycles. The number of benzene rings is 1. The highest BCUT2D eigenvalue weighted by molar-refractivity contribution is 5.95. The zero-order chi connectivity index (χ0) is 20.3. The number of aryl methyl sites for hydroxylation is 1. The molecule has 2 saturated heterocycles. The summed E-state index contributed by atoms with van der Waals surface area (Å²) >= 11 is 0. The molecule has 3 heterocycles. The van der Waals surface area contributed by atoms with Crippen LogP contribution in [0.15, 0.2) is 59.5 Å². The number of carbonyl (C=O) groups is 2. The molecule has 152 valence electrons. The maximum atomic E-state index is 12.8. The molecule has 2 amide bonds. The fourth-order valence-corrected chi connectivity index (χ4v) is 4.14. The number of nitrogens with zero attached hydrogens (tertiary/aromatic N) is 3. The van der Waals surface area contributed by atoms with Crippen LogP contribution >= 0.6 is 0 Å². The van der Waals surface area contributed by atoms with Crippen LogP contribution in [-0.2, 0) is 20.9 Å². The third-order valence-electron chi connectivity index (χ3n) is 5.67. The quantitative estimate of drug-likeness (QED) is 0.789. The van der Waals surface area contributed by atoms with Crippen molar-refractivity contribution in [2.75, 3.05) is 31.1 Å². The van der Waals surface area contributed by atoms with E-state index >= 15 is 0 Å². The lowest BCUT2D eigenvalue weighted by Crippen LogP contribution is -2.62. The largest absolute Gasteiger partial charge is 0.361 e. The number of carbonyl (C=O) groups excluding carboxylic acids is 2. The van der Waals surface area contributed by atoms with Crippen molar-refractivity contribution in [3.05, 3.63) is 65.1 Å². The molecule has 1 spiro atoms. The molecule has 0 bridgehead atoms. The van der Waals surface area contributed by atoms with E-state index in [-0.39, 0.29) is 30.4 Å². The van der Waals surface area contributed by atoms with Gasteiger partial charge in [0, 0.05) is 37.5 Å². The fraction of sp³-hybridized carbons (Fsp3) is 0.409. The third-order valence-corrected chi connectivity index (χ3v) is 5.67. The molecular formula is C22H25N3O4. The summed E-state index contributed by atoms with van der Waals surface area (Å²) in [5, 5.41) is 0. The lowest BCUT2D eigenvalue weighted by atomic mass is 9.90. The molecule has 1 unspecified atom stereocenters. The second-order valence-corrected chi connectivity index (χ2v) is 7.69. The first-order valence-corrected chi connectivity index (χ1v) is 9.99. The molecule has 2 aliphatic heterocycles. The van der Waals surface area contributed by atoms with E-state index in [4.69, 9.17) is 4.74 Å². The van der Waals surface area contributed by atoms with Crippen LogP contribution in [0.25, 0.3) is 0 Å². The predicted molar refractivity (Wildman–Crippen MR) is 109 cm³/mol. The summed E-state index contributed by atoms with van der Waals surface area (Å²) in [6, 6.07) is 14.5. The Bertz CT molecular complexity index is 942. The smallest absolute Gasteiger partial charge is 0.253 e. The fourth-order valence-electron chi connectivity index (χ4n) is 4.14. The average Bonchev–Trinajstić information content (AvgIpc) is 2.76. The third kappa shape index (κ3) is 4.24. The van der Waals surface area contributed by atoms with Crippen molar-refractivity contribution < 1.29 is 14.3 Å². The second-order valence-electron chi connectivity index (χ2n) is 7.69. The van der Waals surface area contributed by atoms with Gasteiger partial charge < -0.3 is 19.1 Å². The lowest BCUT2D eigenvalue weighted by Gasteiger charge is -2.47. The van der Waals surface area contributed by atoms with Gasteiger partial charge in [-0.25, -0.2) is 0 Å². The molecule has 0 N–H and O–H groups in total. The maximum Gasteiger partial charge on any atom is 0.253 e. The van der Waals surface area contributed by atoms with E-state index < -0.39 is 5.60 Å². The van der Waals surface area contributed by atoms with Crippen molar-refractivity contribution in [3.8, 4) is 0 Å². The van der Waals surface area contributed by atoms with Crippen LogP contribution in [0.3, 0.4) is 0 Å². The van der Waals surface area contributed by atoms with Gasteiger partial charge in [0.15, 0.2) is 0 Å². The molecule has 2 aromatic rings. The van der Waals surface area contributed by atoms with Crippen molar-refractivity contribution in [1.29, 1.82) is 0 Å². The van der Waals surface area contributed by atoms with Gasteiger partial charge in [-0.15, -0.1) is 0 Å². The van der Waals surface area contributed by atoms with Crippen LogP contribution in [0.1, 0.15) is 19.3 Å². The van der Waals surface area contributed by atoms with Crippen molar-refractivity contribution in [1.82, 2.24) is 9.47 Å². The normalized spacial score (nSPS) is 22.1. The predicted octanol–water partition coefficient (Wildman–Crippen LogP) is 1.66. The Balaban J connectivity index is 1.43. The molecule has 29 heavy (non-hydrogen) atoms. The summed E-state index contributed by atoms with van der Waals surface area (Å²) in [6.07, 6.45) is 3.60. The van der Waals surface area contributed by atoms with Crippen molar-refractivity contribution in [3.63, 3.8) is 0 Å². The number of aromatic nitrogens is 1. The highest BCUT2D eigenvalue weighted by Crippen LogP contribution is 2.32. The molecule has 1 aromatic heterocycles. The molecule has 4 rings (SSSR count). The molecular weight excluding hydrogens is 370 g/mol. The van der Waals surface area contributed by atoms with E-state index in [0.717, 1.165) is 18.5 Å². The van der Waals surface area contributed by atoms with Crippen molar-refractivity contribution in [2.24, 2.45) is 0 Å². The molecule has 2 fully saturated rings. The van der Waals surface area contributed by atoms with E-state index in [1.54, 1.807) is 27.8 Å². The van der Waals surface area contributed by atoms with Gasteiger partial charge in [-0.3, -0.25) is 14.4 Å². The molecule has 0 saturated carbocycles. The number of amides is 2. The minimum atomic E-state index is -0.540. The van der Waals surface area contributed by atoms with Crippen LogP contribution in [0.4, 0.5) is 5.69 Å². The summed E-state index contributed by atoms with van der Waals surface area (Å²) in [6.45, 7) is 1.96. The number of rotatable bonds is 4. The highest BCUT2D eigenvalue weighted by atomic mass is 16.5. The zero-order valence-electron chi connectivity index (χ0n) is 16.3. The van der Waals surface area contributed by atoms with Crippen LogP contribution in [-0.4, -0.2) is 53.1 Å². The molecule has 1 atom stereocenters. The standard InChI is InChI=1S/C22H25N3O4/c26-19-9-4-5-12-23(19)14-10-20(27)24-13-6-11-22(16-24)17-25(21(28)15-29-22)18-7-2-1-3-8-18/h1-5,7-9,12H,6,10-11,13-17H2. The van der Waals surface area contributed by atoms with Crippen LogP contribution in [0.2, 0.25) is 0 Å². The topological polar surface area (TPSA) is 71.9 Å². The second kappa shape index (κ2) is 8.21.